The Labute approximate surface area is 134 Å². The van der Waals surface area contributed by atoms with Crippen molar-refractivity contribution in [3.8, 4) is 11.8 Å². The highest BCUT2D eigenvalue weighted by Crippen LogP contribution is 2.25. The largest absolute Gasteiger partial charge is 0.489 e. The molecule has 0 heterocycles. The van der Waals surface area contributed by atoms with Gasteiger partial charge in [-0.15, -0.1) is 0 Å². The molecule has 8 heteroatoms. The molecule has 3 N–H and O–H groups in total. The normalized spacial score (nSPS) is 9.74. The number of amides is 2. The number of carbonyl (C=O) groups is 2. The topological polar surface area (TPSA) is 121 Å². The zero-order valence-corrected chi connectivity index (χ0v) is 12.8. The van der Waals surface area contributed by atoms with Crippen LogP contribution in [-0.4, -0.2) is 44.0 Å². The molecule has 0 saturated carbocycles. The zero-order valence-electron chi connectivity index (χ0n) is 12.8. The van der Waals surface area contributed by atoms with Crippen LogP contribution in [0.5, 0.6) is 5.75 Å². The van der Waals surface area contributed by atoms with Gasteiger partial charge in [0.1, 0.15) is 12.4 Å². The number of aliphatic carboxylic acids is 1. The maximum Gasteiger partial charge on any atom is 0.319 e. The van der Waals surface area contributed by atoms with Gasteiger partial charge in [-0.3, -0.25) is 4.79 Å². The Bertz CT molecular complexity index is 583. The van der Waals surface area contributed by atoms with Crippen LogP contribution >= 0.6 is 0 Å². The summed E-state index contributed by atoms with van der Waals surface area (Å²) in [7, 11) is 1.55. The van der Waals surface area contributed by atoms with Gasteiger partial charge in [0.25, 0.3) is 0 Å². The third-order valence-corrected chi connectivity index (χ3v) is 2.75. The Morgan fingerprint density at radius 3 is 2.78 bits per heavy atom. The van der Waals surface area contributed by atoms with E-state index in [1.807, 2.05) is 6.07 Å². The van der Waals surface area contributed by atoms with Gasteiger partial charge in [-0.1, -0.05) is 0 Å². The first-order valence-electron chi connectivity index (χ1n) is 6.99. The molecule has 23 heavy (non-hydrogen) atoms. The van der Waals surface area contributed by atoms with Crippen LogP contribution in [0.1, 0.15) is 18.4 Å². The summed E-state index contributed by atoms with van der Waals surface area (Å²) in [6.07, 6.45) is 0.313. The van der Waals surface area contributed by atoms with E-state index >= 15 is 0 Å². The molecular formula is C15H19N3O5. The van der Waals surface area contributed by atoms with Crippen molar-refractivity contribution in [2.75, 3.05) is 32.2 Å². The first-order valence-corrected chi connectivity index (χ1v) is 6.99. The SMILES string of the molecule is COCCOc1ccc(C#N)cc1NC(=O)NCCCC(=O)O. The van der Waals surface area contributed by atoms with Gasteiger partial charge in [0.05, 0.1) is 23.9 Å². The molecule has 0 fully saturated rings. The molecule has 0 bridgehead atoms. The monoisotopic (exact) mass is 321 g/mol. The zero-order chi connectivity index (χ0) is 17.1. The predicted molar refractivity (Wildman–Crippen MR) is 82.4 cm³/mol. The van der Waals surface area contributed by atoms with E-state index < -0.39 is 12.0 Å². The van der Waals surface area contributed by atoms with Crippen molar-refractivity contribution < 1.29 is 24.2 Å². The van der Waals surface area contributed by atoms with E-state index in [2.05, 4.69) is 10.6 Å². The van der Waals surface area contributed by atoms with E-state index in [1.54, 1.807) is 19.2 Å². The van der Waals surface area contributed by atoms with E-state index in [0.717, 1.165) is 0 Å². The van der Waals surface area contributed by atoms with Gasteiger partial charge in [-0.2, -0.15) is 5.26 Å². The standard InChI is InChI=1S/C15H19N3O5/c1-22-7-8-23-13-5-4-11(10-16)9-12(13)18-15(21)17-6-2-3-14(19)20/h4-5,9H,2-3,6-8H2,1H3,(H,19,20)(H2,17,18,21). The number of ether oxygens (including phenoxy) is 2. The summed E-state index contributed by atoms with van der Waals surface area (Å²) >= 11 is 0. The van der Waals surface area contributed by atoms with Crippen molar-refractivity contribution in [2.45, 2.75) is 12.8 Å². The second-order valence-electron chi connectivity index (χ2n) is 4.54. The van der Waals surface area contributed by atoms with Crippen molar-refractivity contribution in [2.24, 2.45) is 0 Å². The van der Waals surface area contributed by atoms with E-state index in [9.17, 15) is 9.59 Å². The molecule has 1 aromatic rings. The molecule has 0 radical (unpaired) electrons. The maximum atomic E-state index is 11.8. The molecular weight excluding hydrogens is 302 g/mol. The van der Waals surface area contributed by atoms with Crippen LogP contribution in [0.15, 0.2) is 18.2 Å². The lowest BCUT2D eigenvalue weighted by Gasteiger charge is -2.13. The van der Waals surface area contributed by atoms with Crippen LogP contribution in [0.25, 0.3) is 0 Å². The van der Waals surface area contributed by atoms with E-state index in [-0.39, 0.29) is 13.0 Å². The lowest BCUT2D eigenvalue weighted by atomic mass is 10.2. The Balaban J connectivity index is 2.62. The summed E-state index contributed by atoms with van der Waals surface area (Å²) < 4.78 is 10.4. The number of hydrogen-bond acceptors (Lipinski definition) is 5. The Morgan fingerprint density at radius 1 is 1.35 bits per heavy atom. The van der Waals surface area contributed by atoms with Crippen LogP contribution in [-0.2, 0) is 9.53 Å². The molecule has 0 unspecified atom stereocenters. The number of carbonyl (C=O) groups excluding carboxylic acids is 1. The van der Waals surface area contributed by atoms with Gasteiger partial charge in [0.2, 0.25) is 0 Å². The number of carboxylic acid groups (broad SMARTS) is 1. The van der Waals surface area contributed by atoms with Gasteiger partial charge in [0, 0.05) is 20.1 Å². The van der Waals surface area contributed by atoms with E-state index in [1.165, 1.54) is 6.07 Å². The average molecular weight is 321 g/mol. The molecule has 0 aromatic heterocycles. The lowest BCUT2D eigenvalue weighted by Crippen LogP contribution is -2.30. The van der Waals surface area contributed by atoms with Crippen molar-refractivity contribution in [3.05, 3.63) is 23.8 Å². The molecule has 8 nitrogen and oxygen atoms in total. The maximum absolute atomic E-state index is 11.8. The lowest BCUT2D eigenvalue weighted by molar-refractivity contribution is -0.137. The van der Waals surface area contributed by atoms with E-state index in [4.69, 9.17) is 19.8 Å². The Hall–Kier alpha value is -2.79. The van der Waals surface area contributed by atoms with Crippen molar-refractivity contribution in [1.29, 1.82) is 5.26 Å². The first-order chi connectivity index (χ1) is 11.1. The van der Waals surface area contributed by atoms with Gasteiger partial charge < -0.3 is 25.2 Å². The predicted octanol–water partition coefficient (Wildman–Crippen LogP) is 1.57. The molecule has 0 aliphatic heterocycles. The van der Waals surface area contributed by atoms with Crippen molar-refractivity contribution in [3.63, 3.8) is 0 Å². The highest BCUT2D eigenvalue weighted by Gasteiger charge is 2.09. The second kappa shape index (κ2) is 10.0. The summed E-state index contributed by atoms with van der Waals surface area (Å²) in [5, 5.41) is 22.6. The van der Waals surface area contributed by atoms with Crippen LogP contribution in [0.3, 0.4) is 0 Å². The number of benzene rings is 1. The number of hydrogen-bond donors (Lipinski definition) is 3. The molecule has 0 atom stereocenters. The minimum atomic E-state index is -0.914. The minimum Gasteiger partial charge on any atom is -0.489 e. The number of anilines is 1. The number of carboxylic acids is 1. The highest BCUT2D eigenvalue weighted by atomic mass is 16.5. The van der Waals surface area contributed by atoms with Gasteiger partial charge >= 0.3 is 12.0 Å². The molecule has 1 aromatic carbocycles. The molecule has 0 aliphatic carbocycles. The summed E-state index contributed by atoms with van der Waals surface area (Å²) in [5.41, 5.74) is 0.737. The highest BCUT2D eigenvalue weighted by molar-refractivity contribution is 5.91. The third-order valence-electron chi connectivity index (χ3n) is 2.75. The quantitative estimate of drug-likeness (QED) is 0.594. The number of nitriles is 1. The van der Waals surface area contributed by atoms with E-state index in [0.29, 0.717) is 36.6 Å². The van der Waals surface area contributed by atoms with Gasteiger partial charge in [0.15, 0.2) is 0 Å². The number of nitrogens with one attached hydrogen (secondary N) is 2. The Kier molecular flexibility index (Phi) is 7.96. The summed E-state index contributed by atoms with van der Waals surface area (Å²) in [6.45, 7) is 0.925. The third kappa shape index (κ3) is 7.15. The minimum absolute atomic E-state index is 0.0183. The average Bonchev–Trinajstić information content (AvgIpc) is 2.53. The summed E-state index contributed by atoms with van der Waals surface area (Å²) in [6, 6.07) is 6.16. The molecule has 0 aliphatic rings. The molecule has 2 amide bonds. The van der Waals surface area contributed by atoms with Gasteiger partial charge in [-0.05, 0) is 24.6 Å². The van der Waals surface area contributed by atoms with Gasteiger partial charge in [-0.25, -0.2) is 4.79 Å². The first kappa shape index (κ1) is 18.3. The fourth-order valence-corrected chi connectivity index (χ4v) is 1.67. The van der Waals surface area contributed by atoms with Crippen LogP contribution in [0, 0.1) is 11.3 Å². The molecule has 0 saturated heterocycles. The summed E-state index contributed by atoms with van der Waals surface area (Å²) in [4.78, 5) is 22.2. The number of urea groups is 1. The number of rotatable bonds is 9. The van der Waals surface area contributed by atoms with Crippen molar-refractivity contribution in [1.82, 2.24) is 5.32 Å². The smallest absolute Gasteiger partial charge is 0.319 e. The molecule has 1 rings (SSSR count). The second-order valence-corrected chi connectivity index (χ2v) is 4.54. The van der Waals surface area contributed by atoms with Crippen LogP contribution < -0.4 is 15.4 Å². The molecule has 124 valence electrons. The van der Waals surface area contributed by atoms with Crippen LogP contribution in [0.2, 0.25) is 0 Å². The van der Waals surface area contributed by atoms with Crippen molar-refractivity contribution >= 4 is 17.7 Å². The summed E-state index contributed by atoms with van der Waals surface area (Å²) in [5.74, 6) is -0.496. The fourth-order valence-electron chi connectivity index (χ4n) is 1.67. The number of nitrogens with zero attached hydrogens (tertiary/aromatic N) is 1. The number of methoxy groups -OCH3 is 1. The van der Waals surface area contributed by atoms with Crippen LogP contribution in [0.4, 0.5) is 10.5 Å². The Morgan fingerprint density at radius 2 is 2.13 bits per heavy atom. The molecule has 0 spiro atoms. The fraction of sp³-hybridized carbons (Fsp3) is 0.400.